The topological polar surface area (TPSA) is 119 Å². The third-order valence-corrected chi connectivity index (χ3v) is 2.26. The summed E-state index contributed by atoms with van der Waals surface area (Å²) >= 11 is 0. The lowest BCUT2D eigenvalue weighted by Gasteiger charge is -2.13. The Morgan fingerprint density at radius 2 is 2.16 bits per heavy atom. The molecule has 0 aliphatic rings. The number of hydrogen-bond donors (Lipinski definition) is 2. The second-order valence-electron chi connectivity index (χ2n) is 3.60. The van der Waals surface area contributed by atoms with Crippen molar-refractivity contribution in [2.24, 2.45) is 0 Å². The Bertz CT molecular complexity index is 479. The van der Waals surface area contributed by atoms with Gasteiger partial charge in [0.15, 0.2) is 0 Å². The van der Waals surface area contributed by atoms with Crippen molar-refractivity contribution in [3.63, 3.8) is 0 Å². The summed E-state index contributed by atoms with van der Waals surface area (Å²) in [6.45, 7) is 3.78. The van der Waals surface area contributed by atoms with Crippen LogP contribution < -0.4 is 10.6 Å². The first-order valence-electron chi connectivity index (χ1n) is 5.58. The Labute approximate surface area is 109 Å². The summed E-state index contributed by atoms with van der Waals surface area (Å²) in [5.74, 6) is -0.478. The fourth-order valence-electron chi connectivity index (χ4n) is 1.39. The van der Waals surface area contributed by atoms with Gasteiger partial charge in [-0.15, -0.1) is 0 Å². The number of nitrogens with one attached hydrogen (secondary N) is 2. The molecule has 1 aromatic rings. The van der Waals surface area contributed by atoms with Crippen LogP contribution >= 0.6 is 0 Å². The van der Waals surface area contributed by atoms with Gasteiger partial charge in [-0.2, -0.15) is 0 Å². The molecule has 0 radical (unpaired) electrons. The van der Waals surface area contributed by atoms with Crippen molar-refractivity contribution >= 4 is 23.3 Å². The predicted octanol–water partition coefficient (Wildman–Crippen LogP) is 0.790. The molecule has 1 heterocycles. The van der Waals surface area contributed by atoms with E-state index in [2.05, 4.69) is 25.3 Å². The van der Waals surface area contributed by atoms with Crippen molar-refractivity contribution in [2.75, 3.05) is 24.3 Å². The number of methoxy groups -OCH3 is 1. The lowest BCUT2D eigenvalue weighted by Crippen LogP contribution is -2.28. The van der Waals surface area contributed by atoms with Crippen LogP contribution in [0, 0.1) is 10.1 Å². The highest BCUT2D eigenvalue weighted by Crippen LogP contribution is 2.29. The highest BCUT2D eigenvalue weighted by molar-refractivity contribution is 5.80. The SMILES string of the molecule is CCNc1ncnc(NC(C)C(=O)OC)c1[N+](=O)[O-]. The zero-order valence-electron chi connectivity index (χ0n) is 10.8. The summed E-state index contributed by atoms with van der Waals surface area (Å²) < 4.78 is 4.53. The monoisotopic (exact) mass is 269 g/mol. The average molecular weight is 269 g/mol. The largest absolute Gasteiger partial charge is 0.467 e. The van der Waals surface area contributed by atoms with Gasteiger partial charge in [-0.1, -0.05) is 0 Å². The van der Waals surface area contributed by atoms with Gasteiger partial charge in [0, 0.05) is 6.54 Å². The van der Waals surface area contributed by atoms with Gasteiger partial charge < -0.3 is 15.4 Å². The highest BCUT2D eigenvalue weighted by atomic mass is 16.6. The molecular weight excluding hydrogens is 254 g/mol. The van der Waals surface area contributed by atoms with Crippen LogP contribution in [0.5, 0.6) is 0 Å². The first kappa shape index (κ1) is 14.6. The molecule has 9 nitrogen and oxygen atoms in total. The third kappa shape index (κ3) is 3.50. The first-order valence-corrected chi connectivity index (χ1v) is 5.58. The van der Waals surface area contributed by atoms with Crippen LogP contribution in [0.3, 0.4) is 0 Å². The zero-order valence-corrected chi connectivity index (χ0v) is 10.8. The molecule has 0 saturated heterocycles. The Balaban J connectivity index is 3.09. The smallest absolute Gasteiger partial charge is 0.353 e. The molecule has 0 spiro atoms. The van der Waals surface area contributed by atoms with Crippen molar-refractivity contribution in [1.29, 1.82) is 0 Å². The molecule has 0 aromatic carbocycles. The maximum absolute atomic E-state index is 11.3. The molecule has 0 fully saturated rings. The van der Waals surface area contributed by atoms with E-state index >= 15 is 0 Å². The Kier molecular flexibility index (Phi) is 4.98. The lowest BCUT2D eigenvalue weighted by molar-refractivity contribution is -0.383. The van der Waals surface area contributed by atoms with Gasteiger partial charge in [-0.25, -0.2) is 14.8 Å². The summed E-state index contributed by atoms with van der Waals surface area (Å²) in [5, 5.41) is 16.5. The fourth-order valence-corrected chi connectivity index (χ4v) is 1.39. The molecule has 9 heteroatoms. The van der Waals surface area contributed by atoms with E-state index in [0.717, 1.165) is 0 Å². The molecule has 1 atom stereocenters. The maximum Gasteiger partial charge on any atom is 0.353 e. The minimum absolute atomic E-state index is 0.0335. The Hall–Kier alpha value is -2.45. The molecule has 2 N–H and O–H groups in total. The second kappa shape index (κ2) is 6.47. The number of anilines is 2. The van der Waals surface area contributed by atoms with Gasteiger partial charge in [-0.05, 0) is 13.8 Å². The van der Waals surface area contributed by atoms with Crippen LogP contribution in [0.4, 0.5) is 17.3 Å². The van der Waals surface area contributed by atoms with E-state index in [9.17, 15) is 14.9 Å². The molecule has 0 aliphatic heterocycles. The van der Waals surface area contributed by atoms with Gasteiger partial charge in [0.1, 0.15) is 12.4 Å². The summed E-state index contributed by atoms with van der Waals surface area (Å²) in [4.78, 5) is 29.3. The van der Waals surface area contributed by atoms with Gasteiger partial charge in [-0.3, -0.25) is 10.1 Å². The Morgan fingerprint density at radius 1 is 1.53 bits per heavy atom. The summed E-state index contributed by atoms with van der Waals surface area (Å²) in [6, 6.07) is -0.756. The standard InChI is InChI=1S/C10H15N5O4/c1-4-11-8-7(15(17)18)9(13-5-12-8)14-6(2)10(16)19-3/h5-6H,4H2,1-3H3,(H2,11,12,13,14). The number of rotatable bonds is 6. The minimum atomic E-state index is -0.756. The molecule has 0 bridgehead atoms. The van der Waals surface area contributed by atoms with Crippen LogP contribution in [0.25, 0.3) is 0 Å². The number of nitrogens with zero attached hydrogens (tertiary/aromatic N) is 3. The van der Waals surface area contributed by atoms with E-state index in [1.54, 1.807) is 6.92 Å². The quantitative estimate of drug-likeness (QED) is 0.442. The van der Waals surface area contributed by atoms with Gasteiger partial charge in [0.2, 0.25) is 11.6 Å². The summed E-state index contributed by atoms with van der Waals surface area (Å²) in [7, 11) is 1.24. The molecule has 19 heavy (non-hydrogen) atoms. The van der Waals surface area contributed by atoms with Crippen molar-refractivity contribution in [1.82, 2.24) is 9.97 Å². The Morgan fingerprint density at radius 3 is 2.68 bits per heavy atom. The molecule has 1 unspecified atom stereocenters. The minimum Gasteiger partial charge on any atom is -0.467 e. The van der Waals surface area contributed by atoms with E-state index in [1.165, 1.54) is 20.4 Å². The van der Waals surface area contributed by atoms with E-state index < -0.39 is 16.9 Å². The molecule has 0 amide bonds. The predicted molar refractivity (Wildman–Crippen MR) is 68.0 cm³/mol. The summed E-state index contributed by atoms with van der Waals surface area (Å²) in [5.41, 5.74) is -0.305. The van der Waals surface area contributed by atoms with Crippen LogP contribution in [0.15, 0.2) is 6.33 Å². The van der Waals surface area contributed by atoms with Crippen molar-refractivity contribution in [3.8, 4) is 0 Å². The lowest BCUT2D eigenvalue weighted by atomic mass is 10.3. The number of aromatic nitrogens is 2. The van der Waals surface area contributed by atoms with Crippen LogP contribution in [-0.2, 0) is 9.53 Å². The summed E-state index contributed by atoms with van der Waals surface area (Å²) in [6.07, 6.45) is 1.18. The first-order chi connectivity index (χ1) is 9.01. The highest BCUT2D eigenvalue weighted by Gasteiger charge is 2.25. The molecule has 1 rings (SSSR count). The molecule has 1 aromatic heterocycles. The average Bonchev–Trinajstić information content (AvgIpc) is 2.37. The fraction of sp³-hybridized carbons (Fsp3) is 0.500. The molecule has 0 saturated carbocycles. The number of carbonyl (C=O) groups excluding carboxylic acids is 1. The zero-order chi connectivity index (χ0) is 14.4. The van der Waals surface area contributed by atoms with Gasteiger partial charge >= 0.3 is 11.7 Å². The van der Waals surface area contributed by atoms with Gasteiger partial charge in [0.25, 0.3) is 0 Å². The van der Waals surface area contributed by atoms with Crippen molar-refractivity contribution in [2.45, 2.75) is 19.9 Å². The maximum atomic E-state index is 11.3. The van der Waals surface area contributed by atoms with Crippen LogP contribution in [0.1, 0.15) is 13.8 Å². The number of nitro groups is 1. The van der Waals surface area contributed by atoms with Crippen LogP contribution in [-0.4, -0.2) is 40.6 Å². The van der Waals surface area contributed by atoms with Crippen molar-refractivity contribution < 1.29 is 14.5 Å². The number of ether oxygens (including phenoxy) is 1. The van der Waals surface area contributed by atoms with Gasteiger partial charge in [0.05, 0.1) is 12.0 Å². The normalized spacial score (nSPS) is 11.5. The van der Waals surface area contributed by atoms with E-state index in [1.807, 2.05) is 0 Å². The number of esters is 1. The van der Waals surface area contributed by atoms with E-state index in [-0.39, 0.29) is 17.3 Å². The number of carbonyl (C=O) groups is 1. The van der Waals surface area contributed by atoms with Crippen molar-refractivity contribution in [3.05, 3.63) is 16.4 Å². The van der Waals surface area contributed by atoms with E-state index in [4.69, 9.17) is 0 Å². The van der Waals surface area contributed by atoms with E-state index in [0.29, 0.717) is 6.54 Å². The molecule has 104 valence electrons. The second-order valence-corrected chi connectivity index (χ2v) is 3.60. The number of hydrogen-bond acceptors (Lipinski definition) is 8. The van der Waals surface area contributed by atoms with Crippen LogP contribution in [0.2, 0.25) is 0 Å². The molecule has 0 aliphatic carbocycles. The molecular formula is C10H15N5O4. The third-order valence-electron chi connectivity index (χ3n) is 2.26.